The molecular formula is C24H39NO8. The number of rotatable bonds is 7. The maximum absolute atomic E-state index is 13.1. The fraction of sp³-hybridized carbons (Fsp3) is 0.833. The van der Waals surface area contributed by atoms with Gasteiger partial charge in [-0.3, -0.25) is 14.4 Å². The maximum Gasteiger partial charge on any atom is 0.419 e. The third-order valence-electron chi connectivity index (χ3n) is 5.69. The van der Waals surface area contributed by atoms with E-state index in [-0.39, 0.29) is 18.9 Å². The van der Waals surface area contributed by atoms with Crippen molar-refractivity contribution in [2.75, 3.05) is 6.61 Å². The smallest absolute Gasteiger partial charge is 0.419 e. The number of carbonyl (C=O) groups is 4. The van der Waals surface area contributed by atoms with E-state index < -0.39 is 59.3 Å². The van der Waals surface area contributed by atoms with Crippen LogP contribution < -0.4 is 0 Å². The zero-order valence-corrected chi connectivity index (χ0v) is 21.1. The second kappa shape index (κ2) is 10.4. The van der Waals surface area contributed by atoms with Crippen LogP contribution in [0.25, 0.3) is 0 Å². The fourth-order valence-corrected chi connectivity index (χ4v) is 3.59. The van der Waals surface area contributed by atoms with Gasteiger partial charge in [0.2, 0.25) is 12.2 Å². The molecule has 9 nitrogen and oxygen atoms in total. The van der Waals surface area contributed by atoms with E-state index in [9.17, 15) is 19.2 Å². The van der Waals surface area contributed by atoms with Crippen LogP contribution in [-0.2, 0) is 33.3 Å². The average molecular weight is 470 g/mol. The summed E-state index contributed by atoms with van der Waals surface area (Å²) in [5.41, 5.74) is -1.65. The summed E-state index contributed by atoms with van der Waals surface area (Å²) >= 11 is 0. The first-order valence-corrected chi connectivity index (χ1v) is 11.7. The molecule has 2 rings (SSSR count). The van der Waals surface area contributed by atoms with Gasteiger partial charge in [0.25, 0.3) is 0 Å². The van der Waals surface area contributed by atoms with Crippen molar-refractivity contribution in [3.05, 3.63) is 0 Å². The molecule has 2 aliphatic heterocycles. The molecule has 33 heavy (non-hydrogen) atoms. The van der Waals surface area contributed by atoms with Crippen LogP contribution in [0, 0.1) is 16.7 Å². The molecule has 188 valence electrons. The molecule has 0 bridgehead atoms. The third kappa shape index (κ3) is 6.68. The minimum Gasteiger partial charge on any atom is -0.455 e. The molecule has 0 aromatic carbocycles. The first-order chi connectivity index (χ1) is 15.2. The van der Waals surface area contributed by atoms with Gasteiger partial charge in [0.15, 0.2) is 12.2 Å². The van der Waals surface area contributed by atoms with Crippen molar-refractivity contribution in [1.29, 1.82) is 0 Å². The van der Waals surface area contributed by atoms with Crippen LogP contribution in [0.15, 0.2) is 0 Å². The summed E-state index contributed by atoms with van der Waals surface area (Å²) in [5.74, 6) is -1.42. The number of hydrogen-bond acceptors (Lipinski definition) is 8. The second-order valence-electron chi connectivity index (χ2n) is 11.1. The Morgan fingerprint density at radius 2 is 1.64 bits per heavy atom. The number of fused-ring (bicyclic) bond motifs is 1. The Hall–Kier alpha value is -2.16. The number of ether oxygens (including phenoxy) is 4. The average Bonchev–Trinajstić information content (AvgIpc) is 3.02. The molecule has 0 aromatic heterocycles. The van der Waals surface area contributed by atoms with Crippen LogP contribution in [0.3, 0.4) is 0 Å². The zero-order chi connectivity index (χ0) is 25.1. The van der Waals surface area contributed by atoms with E-state index in [0.29, 0.717) is 0 Å². The van der Waals surface area contributed by atoms with Gasteiger partial charge < -0.3 is 18.9 Å². The molecule has 2 saturated heterocycles. The van der Waals surface area contributed by atoms with Gasteiger partial charge in [-0.15, -0.1) is 0 Å². The van der Waals surface area contributed by atoms with Gasteiger partial charge in [-0.1, -0.05) is 33.1 Å². The van der Waals surface area contributed by atoms with Crippen LogP contribution in [0.4, 0.5) is 4.79 Å². The SMILES string of the molecule is CCCCC(C)CC(=O)N1C(=O)O[C@@H]2OC[C@@H](OC(=O)C(C)(C)C)[C@@H](OC(=O)C(C)(C)C)[C@@H]21. The summed E-state index contributed by atoms with van der Waals surface area (Å²) in [4.78, 5) is 52.1. The first-order valence-electron chi connectivity index (χ1n) is 11.7. The van der Waals surface area contributed by atoms with Gasteiger partial charge in [0.1, 0.15) is 6.04 Å². The molecule has 2 aliphatic rings. The molecule has 0 radical (unpaired) electrons. The summed E-state index contributed by atoms with van der Waals surface area (Å²) in [6.45, 7) is 14.1. The fourth-order valence-electron chi connectivity index (χ4n) is 3.59. The third-order valence-corrected chi connectivity index (χ3v) is 5.69. The lowest BCUT2D eigenvalue weighted by Crippen LogP contribution is -2.61. The molecule has 2 amide bonds. The van der Waals surface area contributed by atoms with Gasteiger partial charge in [0, 0.05) is 6.42 Å². The molecule has 0 aromatic rings. The Morgan fingerprint density at radius 1 is 1.06 bits per heavy atom. The standard InChI is InChI=1S/C24H39NO8/c1-9-10-11-14(2)12-16(26)25-17-18(32-21(28)24(6,7)8)15(31-20(27)23(3,4)5)13-30-19(17)33-22(25)29/h14-15,17-19H,9-13H2,1-8H3/t14?,15-,17+,18-,19+/m1/s1. The minimum atomic E-state index is -1.11. The van der Waals surface area contributed by atoms with E-state index in [4.69, 9.17) is 18.9 Å². The quantitative estimate of drug-likeness (QED) is 0.409. The number of carbonyl (C=O) groups excluding carboxylic acids is 4. The number of amides is 2. The predicted octanol–water partition coefficient (Wildman–Crippen LogP) is 3.82. The van der Waals surface area contributed by atoms with Gasteiger partial charge >= 0.3 is 18.0 Å². The van der Waals surface area contributed by atoms with Crippen LogP contribution in [0.1, 0.15) is 81.1 Å². The Bertz CT molecular complexity index is 751. The summed E-state index contributed by atoms with van der Waals surface area (Å²) in [5, 5.41) is 0. The van der Waals surface area contributed by atoms with Crippen molar-refractivity contribution < 1.29 is 38.1 Å². The van der Waals surface area contributed by atoms with Gasteiger partial charge in [-0.05, 0) is 47.5 Å². The van der Waals surface area contributed by atoms with Crippen molar-refractivity contribution in [2.24, 2.45) is 16.7 Å². The summed E-state index contributed by atoms with van der Waals surface area (Å²) < 4.78 is 22.3. The first kappa shape index (κ1) is 27.1. The van der Waals surface area contributed by atoms with E-state index in [2.05, 4.69) is 6.92 Å². The molecule has 9 heteroatoms. The molecule has 0 N–H and O–H groups in total. The van der Waals surface area contributed by atoms with E-state index in [1.54, 1.807) is 41.5 Å². The largest absolute Gasteiger partial charge is 0.455 e. The molecule has 1 unspecified atom stereocenters. The Balaban J connectivity index is 2.33. The highest BCUT2D eigenvalue weighted by atomic mass is 16.7. The highest BCUT2D eigenvalue weighted by Crippen LogP contribution is 2.35. The summed E-state index contributed by atoms with van der Waals surface area (Å²) in [6, 6.07) is -1.04. The summed E-state index contributed by atoms with van der Waals surface area (Å²) in [6.07, 6.45) is -1.07. The van der Waals surface area contributed by atoms with Crippen LogP contribution in [-0.4, -0.2) is 60.0 Å². The summed E-state index contributed by atoms with van der Waals surface area (Å²) in [7, 11) is 0. The van der Waals surface area contributed by atoms with Crippen molar-refractivity contribution in [3.63, 3.8) is 0 Å². The zero-order valence-electron chi connectivity index (χ0n) is 21.1. The number of nitrogens with zero attached hydrogens (tertiary/aromatic N) is 1. The normalized spacial score (nSPS) is 26.3. The molecule has 2 heterocycles. The molecule has 0 spiro atoms. The maximum atomic E-state index is 13.1. The lowest BCUT2D eigenvalue weighted by molar-refractivity contribution is -0.227. The van der Waals surface area contributed by atoms with Crippen molar-refractivity contribution in [3.8, 4) is 0 Å². The lowest BCUT2D eigenvalue weighted by Gasteiger charge is -2.40. The Labute approximate surface area is 196 Å². The van der Waals surface area contributed by atoms with Crippen LogP contribution >= 0.6 is 0 Å². The van der Waals surface area contributed by atoms with Crippen LogP contribution in [0.5, 0.6) is 0 Å². The number of esters is 2. The minimum absolute atomic E-state index is 0.0684. The van der Waals surface area contributed by atoms with E-state index in [1.807, 2.05) is 6.92 Å². The number of unbranched alkanes of at least 4 members (excludes halogenated alkanes) is 1. The Kier molecular flexibility index (Phi) is 8.54. The lowest BCUT2D eigenvalue weighted by atomic mass is 9.94. The highest BCUT2D eigenvalue weighted by Gasteiger charge is 2.58. The van der Waals surface area contributed by atoms with Gasteiger partial charge in [0.05, 0.1) is 17.4 Å². The van der Waals surface area contributed by atoms with E-state index in [1.165, 1.54) is 0 Å². The second-order valence-corrected chi connectivity index (χ2v) is 11.1. The predicted molar refractivity (Wildman–Crippen MR) is 119 cm³/mol. The number of hydrogen-bond donors (Lipinski definition) is 0. The van der Waals surface area contributed by atoms with Crippen LogP contribution in [0.2, 0.25) is 0 Å². The highest BCUT2D eigenvalue weighted by molar-refractivity contribution is 5.94. The topological polar surface area (TPSA) is 108 Å². The van der Waals surface area contributed by atoms with E-state index in [0.717, 1.165) is 24.2 Å². The van der Waals surface area contributed by atoms with Gasteiger partial charge in [-0.2, -0.15) is 0 Å². The van der Waals surface area contributed by atoms with E-state index >= 15 is 0 Å². The monoisotopic (exact) mass is 469 g/mol. The molecule has 0 aliphatic carbocycles. The molecule has 0 saturated carbocycles. The Morgan fingerprint density at radius 3 is 2.18 bits per heavy atom. The van der Waals surface area contributed by atoms with Crippen molar-refractivity contribution in [2.45, 2.75) is 106 Å². The van der Waals surface area contributed by atoms with Crippen molar-refractivity contribution in [1.82, 2.24) is 4.90 Å². The van der Waals surface area contributed by atoms with Crippen molar-refractivity contribution >= 4 is 23.9 Å². The number of imide groups is 1. The molecule has 2 fully saturated rings. The molecular weight excluding hydrogens is 430 g/mol. The molecule has 5 atom stereocenters. The van der Waals surface area contributed by atoms with Gasteiger partial charge in [-0.25, -0.2) is 9.69 Å².